The van der Waals surface area contributed by atoms with Crippen LogP contribution < -0.4 is 0 Å². The number of esters is 3. The third-order valence-corrected chi connectivity index (χ3v) is 12.8. The molecule has 3 aliphatic heterocycles. The monoisotopic (exact) mass is 538 g/mol. The number of cyclic esters (lactones) is 1. The first-order valence-corrected chi connectivity index (χ1v) is 15.0. The molecule has 4 aliphatic carbocycles. The van der Waals surface area contributed by atoms with Crippen molar-refractivity contribution < 1.29 is 33.3 Å². The van der Waals surface area contributed by atoms with E-state index >= 15 is 0 Å². The highest BCUT2D eigenvalue weighted by Gasteiger charge is 2.71. The molecule has 2 saturated heterocycles. The van der Waals surface area contributed by atoms with E-state index in [-0.39, 0.29) is 52.7 Å². The second-order valence-corrected chi connectivity index (χ2v) is 14.7. The third-order valence-electron chi connectivity index (χ3n) is 12.8. The van der Waals surface area contributed by atoms with Gasteiger partial charge in [0.25, 0.3) is 0 Å². The van der Waals surface area contributed by atoms with Gasteiger partial charge >= 0.3 is 17.9 Å². The summed E-state index contributed by atoms with van der Waals surface area (Å²) >= 11 is 0. The van der Waals surface area contributed by atoms with Crippen molar-refractivity contribution in [1.82, 2.24) is 0 Å². The molecule has 7 heteroatoms. The van der Waals surface area contributed by atoms with Crippen molar-refractivity contribution in [1.29, 1.82) is 0 Å². The predicted molar refractivity (Wildman–Crippen MR) is 141 cm³/mol. The highest BCUT2D eigenvalue weighted by molar-refractivity contribution is 5.84. The maximum absolute atomic E-state index is 13.0. The van der Waals surface area contributed by atoms with Gasteiger partial charge in [-0.15, -0.1) is 0 Å². The fourth-order valence-corrected chi connectivity index (χ4v) is 10.6. The highest BCUT2D eigenvalue weighted by atomic mass is 16.6. The Labute approximate surface area is 231 Å². The van der Waals surface area contributed by atoms with E-state index in [1.165, 1.54) is 12.5 Å². The molecule has 10 atom stereocenters. The molecule has 0 N–H and O–H groups in total. The molecule has 0 aromatic carbocycles. The number of carbonyl (C=O) groups excluding carboxylic acids is 3. The number of carbonyl (C=O) groups is 3. The summed E-state index contributed by atoms with van der Waals surface area (Å²) in [5, 5.41) is 0. The number of hydrogen-bond donors (Lipinski definition) is 0. The Morgan fingerprint density at radius 3 is 2.54 bits per heavy atom. The number of hydrogen-bond acceptors (Lipinski definition) is 7. The van der Waals surface area contributed by atoms with Crippen LogP contribution in [0.25, 0.3) is 0 Å². The maximum Gasteiger partial charge on any atom is 0.350 e. The molecule has 3 heterocycles. The molecular formula is C32H42O7. The lowest BCUT2D eigenvalue weighted by Gasteiger charge is -2.52. The smallest absolute Gasteiger partial charge is 0.350 e. The van der Waals surface area contributed by atoms with Gasteiger partial charge in [-0.05, 0) is 106 Å². The van der Waals surface area contributed by atoms with Crippen LogP contribution in [0.5, 0.6) is 0 Å². The minimum absolute atomic E-state index is 0.00728. The summed E-state index contributed by atoms with van der Waals surface area (Å²) in [5.41, 5.74) is 0.967. The van der Waals surface area contributed by atoms with Crippen molar-refractivity contribution in [2.75, 3.05) is 0 Å². The van der Waals surface area contributed by atoms with E-state index in [0.29, 0.717) is 5.92 Å². The van der Waals surface area contributed by atoms with Gasteiger partial charge in [0.05, 0.1) is 0 Å². The van der Waals surface area contributed by atoms with Gasteiger partial charge in [0.2, 0.25) is 5.60 Å². The van der Waals surface area contributed by atoms with E-state index in [2.05, 4.69) is 13.8 Å². The first-order chi connectivity index (χ1) is 18.3. The lowest BCUT2D eigenvalue weighted by Crippen LogP contribution is -2.51. The number of rotatable bonds is 2. The Morgan fingerprint density at radius 1 is 1.03 bits per heavy atom. The Morgan fingerprint density at radius 2 is 1.79 bits per heavy atom. The number of allylic oxidation sites excluding steroid dienone is 1. The highest BCUT2D eigenvalue weighted by Crippen LogP contribution is 2.72. The van der Waals surface area contributed by atoms with Crippen molar-refractivity contribution in [3.05, 3.63) is 23.3 Å². The van der Waals surface area contributed by atoms with Gasteiger partial charge in [-0.25, -0.2) is 9.59 Å². The number of ether oxygens (including phenoxy) is 4. The predicted octanol–water partition coefficient (Wildman–Crippen LogP) is 5.21. The fraction of sp³-hybridized carbons (Fsp3) is 0.781. The minimum Gasteiger partial charge on any atom is -0.459 e. The molecule has 7 rings (SSSR count). The van der Waals surface area contributed by atoms with Gasteiger partial charge in [-0.3, -0.25) is 4.79 Å². The first kappa shape index (κ1) is 25.8. The zero-order chi connectivity index (χ0) is 27.8. The molecule has 0 aromatic rings. The van der Waals surface area contributed by atoms with Gasteiger partial charge < -0.3 is 18.9 Å². The van der Waals surface area contributed by atoms with Crippen LogP contribution in [0.2, 0.25) is 0 Å². The van der Waals surface area contributed by atoms with Gasteiger partial charge in [-0.1, -0.05) is 19.4 Å². The average molecular weight is 539 g/mol. The molecule has 2 bridgehead atoms. The summed E-state index contributed by atoms with van der Waals surface area (Å²) in [7, 11) is 0. The summed E-state index contributed by atoms with van der Waals surface area (Å²) in [5.74, 6) is -0.237. The maximum atomic E-state index is 13.0. The number of fused-ring (bicyclic) bond motifs is 5. The van der Waals surface area contributed by atoms with E-state index in [9.17, 15) is 14.4 Å². The zero-order valence-electron chi connectivity index (χ0n) is 24.1. The van der Waals surface area contributed by atoms with Crippen LogP contribution >= 0.6 is 0 Å². The molecule has 0 radical (unpaired) electrons. The van der Waals surface area contributed by atoms with Crippen LogP contribution in [0.1, 0.15) is 92.9 Å². The summed E-state index contributed by atoms with van der Waals surface area (Å²) in [6.07, 6.45) is 11.4. The lowest BCUT2D eigenvalue weighted by molar-refractivity contribution is -0.197. The van der Waals surface area contributed by atoms with Gasteiger partial charge in [0.15, 0.2) is 0 Å². The summed E-state index contributed by atoms with van der Waals surface area (Å²) in [6.45, 7) is 12.1. The van der Waals surface area contributed by atoms with Crippen LogP contribution in [-0.2, 0) is 33.3 Å². The van der Waals surface area contributed by atoms with Crippen LogP contribution in [0.15, 0.2) is 23.3 Å². The van der Waals surface area contributed by atoms with Crippen molar-refractivity contribution in [2.45, 2.75) is 122 Å². The van der Waals surface area contributed by atoms with Crippen molar-refractivity contribution in [3.8, 4) is 0 Å². The molecule has 212 valence electrons. The van der Waals surface area contributed by atoms with Gasteiger partial charge in [0, 0.05) is 24.8 Å². The third kappa shape index (κ3) is 3.23. The van der Waals surface area contributed by atoms with E-state index in [0.717, 1.165) is 51.4 Å². The van der Waals surface area contributed by atoms with Crippen LogP contribution in [-0.4, -0.2) is 46.9 Å². The lowest BCUT2D eigenvalue weighted by atomic mass is 9.52. The SMILES string of the molecule is CC(=O)OC1(C)C(=O)OC2CC1CC2C1CCC2(C)C3=C(CCC12C)C1OC12C=CC(=O)OC(C)(C)C2CC3. The summed E-state index contributed by atoms with van der Waals surface area (Å²) in [4.78, 5) is 37.2. The molecular weight excluding hydrogens is 496 g/mol. The van der Waals surface area contributed by atoms with Crippen LogP contribution in [0.3, 0.4) is 0 Å². The van der Waals surface area contributed by atoms with Gasteiger partial charge in [-0.2, -0.15) is 0 Å². The Hall–Kier alpha value is -2.15. The van der Waals surface area contributed by atoms with Crippen molar-refractivity contribution in [2.24, 2.45) is 34.5 Å². The summed E-state index contributed by atoms with van der Waals surface area (Å²) in [6, 6.07) is 0. The van der Waals surface area contributed by atoms with Crippen LogP contribution in [0.4, 0.5) is 0 Å². The number of epoxide rings is 1. The van der Waals surface area contributed by atoms with E-state index in [4.69, 9.17) is 18.9 Å². The topological polar surface area (TPSA) is 91.4 Å². The van der Waals surface area contributed by atoms with Gasteiger partial charge in [0.1, 0.15) is 23.4 Å². The first-order valence-electron chi connectivity index (χ1n) is 15.0. The van der Waals surface area contributed by atoms with E-state index in [1.54, 1.807) is 18.6 Å². The normalized spacial score (nSPS) is 50.9. The molecule has 39 heavy (non-hydrogen) atoms. The molecule has 2 saturated carbocycles. The Balaban J connectivity index is 1.20. The molecule has 1 spiro atoms. The molecule has 0 aromatic heterocycles. The molecule has 10 unspecified atom stereocenters. The van der Waals surface area contributed by atoms with Crippen molar-refractivity contribution in [3.63, 3.8) is 0 Å². The Bertz CT molecular complexity index is 1230. The Kier molecular flexibility index (Phi) is 5.14. The molecule has 0 amide bonds. The standard InChI is InChI=1S/C32H42O7/c1-17(33)37-31(6)18-15-20(23(16-18)36-27(31)35)22-10-13-30(5)21-7-8-24-28(2,3)38-25(34)11-14-32(24)26(39-32)19(21)9-12-29(22,30)4/h11,14,18,20,22-24,26H,7-10,12-13,15-16H2,1-6H3. The second-order valence-electron chi connectivity index (χ2n) is 14.7. The quantitative estimate of drug-likeness (QED) is 0.206. The summed E-state index contributed by atoms with van der Waals surface area (Å²) < 4.78 is 24.1. The zero-order valence-corrected chi connectivity index (χ0v) is 24.1. The molecule has 7 aliphatic rings. The molecule has 7 nitrogen and oxygen atoms in total. The second kappa shape index (κ2) is 7.77. The largest absolute Gasteiger partial charge is 0.459 e. The van der Waals surface area contributed by atoms with E-state index in [1.807, 2.05) is 19.9 Å². The molecule has 4 fully saturated rings. The van der Waals surface area contributed by atoms with Crippen molar-refractivity contribution >= 4 is 17.9 Å². The van der Waals surface area contributed by atoms with E-state index < -0.39 is 22.8 Å². The average Bonchev–Trinajstić information content (AvgIpc) is 3.38. The van der Waals surface area contributed by atoms with Crippen LogP contribution in [0, 0.1) is 34.5 Å². The fourth-order valence-electron chi connectivity index (χ4n) is 10.6. The minimum atomic E-state index is -1.18.